The van der Waals surface area contributed by atoms with E-state index in [9.17, 15) is 18.3 Å². The molecule has 0 amide bonds. The van der Waals surface area contributed by atoms with Crippen molar-refractivity contribution in [1.82, 2.24) is 0 Å². The van der Waals surface area contributed by atoms with Gasteiger partial charge in [-0.3, -0.25) is 0 Å². The third kappa shape index (κ3) is 5.32. The summed E-state index contributed by atoms with van der Waals surface area (Å²) < 4.78 is 40.4. The van der Waals surface area contributed by atoms with Crippen molar-refractivity contribution < 1.29 is 23.0 Å². The Labute approximate surface area is 115 Å². The fraction of sp³-hybridized carbons (Fsp3) is 0.400. The summed E-state index contributed by atoms with van der Waals surface area (Å²) in [6.45, 7) is 0.123. The predicted molar refractivity (Wildman–Crippen MR) is 66.0 cm³/mol. The van der Waals surface area contributed by atoms with Crippen LogP contribution in [0.4, 0.5) is 18.9 Å². The molecule has 0 fully saturated rings. The molecule has 1 unspecified atom stereocenters. The van der Waals surface area contributed by atoms with E-state index in [0.717, 1.165) is 0 Å². The van der Waals surface area contributed by atoms with Crippen molar-refractivity contribution in [2.75, 3.05) is 17.7 Å². The second-order valence-corrected chi connectivity index (χ2v) is 4.54. The quantitative estimate of drug-likeness (QED) is 0.802. The summed E-state index contributed by atoms with van der Waals surface area (Å²) in [6, 6.07) is 3.77. The number of nitrogens with one attached hydrogen (secondary N) is 1. The summed E-state index contributed by atoms with van der Waals surface area (Å²) in [5, 5.41) is 12.0. The molecule has 0 aromatic heterocycles. The van der Waals surface area contributed by atoms with Crippen molar-refractivity contribution >= 4 is 33.2 Å². The average molecular weight is 349 g/mol. The molecule has 3 nitrogen and oxygen atoms in total. The van der Waals surface area contributed by atoms with Gasteiger partial charge in [0.2, 0.25) is 0 Å². The largest absolute Gasteiger partial charge is 0.573 e. The number of aliphatic hydroxyl groups excluding tert-OH is 1. The van der Waals surface area contributed by atoms with Crippen LogP contribution in [0.1, 0.15) is 0 Å². The van der Waals surface area contributed by atoms with Crippen molar-refractivity contribution in [2.45, 2.75) is 12.5 Å². The normalized spacial score (nSPS) is 13.2. The zero-order valence-electron chi connectivity index (χ0n) is 8.97. The number of benzene rings is 1. The molecule has 0 aliphatic heterocycles. The molecule has 8 heteroatoms. The maximum Gasteiger partial charge on any atom is 0.573 e. The Morgan fingerprint density at radius 3 is 2.67 bits per heavy atom. The highest BCUT2D eigenvalue weighted by Gasteiger charge is 2.31. The van der Waals surface area contributed by atoms with Gasteiger partial charge in [0.05, 0.1) is 17.7 Å². The molecule has 0 saturated carbocycles. The lowest BCUT2D eigenvalue weighted by atomic mass is 10.3. The highest BCUT2D eigenvalue weighted by atomic mass is 79.9. The van der Waals surface area contributed by atoms with Crippen molar-refractivity contribution in [2.24, 2.45) is 0 Å². The van der Waals surface area contributed by atoms with Gasteiger partial charge >= 0.3 is 6.36 Å². The molecule has 1 rings (SSSR count). The highest BCUT2D eigenvalue weighted by Crippen LogP contribution is 2.30. The second-order valence-electron chi connectivity index (χ2n) is 3.38. The summed E-state index contributed by atoms with van der Waals surface area (Å²) in [5.41, 5.74) is 0.376. The lowest BCUT2D eigenvalue weighted by molar-refractivity contribution is -0.274. The minimum atomic E-state index is -4.74. The number of hydrogen-bond donors (Lipinski definition) is 2. The van der Waals surface area contributed by atoms with Gasteiger partial charge in [0.25, 0.3) is 0 Å². The molecule has 1 atom stereocenters. The van der Waals surface area contributed by atoms with E-state index in [-0.39, 0.29) is 18.2 Å². The summed E-state index contributed by atoms with van der Waals surface area (Å²) in [4.78, 5) is 0. The van der Waals surface area contributed by atoms with E-state index in [2.05, 4.69) is 26.0 Å². The van der Waals surface area contributed by atoms with Crippen LogP contribution in [0.2, 0.25) is 0 Å². The van der Waals surface area contributed by atoms with Crippen LogP contribution in [-0.2, 0) is 0 Å². The zero-order chi connectivity index (χ0) is 13.8. The van der Waals surface area contributed by atoms with Gasteiger partial charge in [0.1, 0.15) is 5.75 Å². The molecule has 2 N–H and O–H groups in total. The Kier molecular flexibility index (Phi) is 5.55. The fourth-order valence-electron chi connectivity index (χ4n) is 1.12. The van der Waals surface area contributed by atoms with Crippen LogP contribution in [0, 0.1) is 0 Å². The zero-order valence-corrected chi connectivity index (χ0v) is 11.3. The van der Waals surface area contributed by atoms with E-state index in [0.29, 0.717) is 10.2 Å². The Hall–Kier alpha value is -0.660. The summed E-state index contributed by atoms with van der Waals surface area (Å²) in [6.07, 6.45) is -5.52. The number of alkyl halides is 4. The first kappa shape index (κ1) is 15.4. The molecule has 0 bridgehead atoms. The van der Waals surface area contributed by atoms with Gasteiger partial charge < -0.3 is 15.2 Å². The van der Waals surface area contributed by atoms with Gasteiger partial charge in [-0.15, -0.1) is 24.8 Å². The van der Waals surface area contributed by atoms with E-state index in [1.807, 2.05) is 0 Å². The first-order valence-electron chi connectivity index (χ1n) is 4.85. The van der Waals surface area contributed by atoms with Crippen molar-refractivity contribution in [3.05, 3.63) is 22.7 Å². The van der Waals surface area contributed by atoms with Crippen molar-refractivity contribution in [3.8, 4) is 5.75 Å². The van der Waals surface area contributed by atoms with Crippen molar-refractivity contribution in [3.63, 3.8) is 0 Å². The summed E-state index contributed by atoms with van der Waals surface area (Å²) in [7, 11) is 0. The van der Waals surface area contributed by atoms with Crippen LogP contribution in [0.3, 0.4) is 0 Å². The SMILES string of the molecule is OC(CCl)CNc1cc(OC(F)(F)F)ccc1Br. The van der Waals surface area contributed by atoms with Crippen LogP contribution < -0.4 is 10.1 Å². The van der Waals surface area contributed by atoms with Gasteiger partial charge in [-0.25, -0.2) is 0 Å². The molecule has 0 heterocycles. The average Bonchev–Trinajstić information content (AvgIpc) is 2.27. The molecule has 0 radical (unpaired) electrons. The molecule has 0 spiro atoms. The fourth-order valence-corrected chi connectivity index (χ4v) is 1.62. The lowest BCUT2D eigenvalue weighted by Gasteiger charge is -2.14. The molecule has 18 heavy (non-hydrogen) atoms. The van der Waals surface area contributed by atoms with E-state index < -0.39 is 12.5 Å². The Balaban J connectivity index is 2.75. The van der Waals surface area contributed by atoms with Gasteiger partial charge in [0, 0.05) is 17.1 Å². The summed E-state index contributed by atoms with van der Waals surface area (Å²) in [5.74, 6) is -0.308. The van der Waals surface area contributed by atoms with Crippen LogP contribution in [0.25, 0.3) is 0 Å². The molecule has 0 saturated heterocycles. The Morgan fingerprint density at radius 1 is 1.44 bits per heavy atom. The molecule has 0 aliphatic rings. The maximum atomic E-state index is 12.0. The van der Waals surface area contributed by atoms with Crippen LogP contribution >= 0.6 is 27.5 Å². The first-order chi connectivity index (χ1) is 8.31. The van der Waals surface area contributed by atoms with E-state index in [1.54, 1.807) is 0 Å². The van der Waals surface area contributed by atoms with Crippen LogP contribution in [-0.4, -0.2) is 30.0 Å². The monoisotopic (exact) mass is 347 g/mol. The molecular formula is C10H10BrClF3NO2. The Morgan fingerprint density at radius 2 is 2.11 bits per heavy atom. The van der Waals surface area contributed by atoms with Crippen LogP contribution in [0.15, 0.2) is 22.7 Å². The van der Waals surface area contributed by atoms with E-state index in [4.69, 9.17) is 11.6 Å². The molecular weight excluding hydrogens is 338 g/mol. The minimum absolute atomic E-state index is 0.0311. The van der Waals surface area contributed by atoms with Gasteiger partial charge in [-0.05, 0) is 28.1 Å². The highest BCUT2D eigenvalue weighted by molar-refractivity contribution is 9.10. The third-order valence-electron chi connectivity index (χ3n) is 1.88. The number of anilines is 1. The van der Waals surface area contributed by atoms with Crippen LogP contribution in [0.5, 0.6) is 5.75 Å². The molecule has 0 aliphatic carbocycles. The summed E-state index contributed by atoms with van der Waals surface area (Å²) >= 11 is 8.57. The minimum Gasteiger partial charge on any atom is -0.406 e. The smallest absolute Gasteiger partial charge is 0.406 e. The second kappa shape index (κ2) is 6.49. The number of ether oxygens (including phenoxy) is 1. The maximum absolute atomic E-state index is 12.0. The number of halogens is 5. The standard InChI is InChI=1S/C10H10BrClF3NO2/c11-8-2-1-7(18-10(13,14)15)3-9(8)16-5-6(17)4-12/h1-3,6,16-17H,4-5H2. The van der Waals surface area contributed by atoms with Crippen molar-refractivity contribution in [1.29, 1.82) is 0 Å². The van der Waals surface area contributed by atoms with Gasteiger partial charge in [-0.1, -0.05) is 0 Å². The molecule has 1 aromatic carbocycles. The number of aliphatic hydroxyl groups is 1. The molecule has 102 valence electrons. The van der Waals surface area contributed by atoms with E-state index >= 15 is 0 Å². The predicted octanol–water partition coefficient (Wildman–Crippen LogP) is 3.36. The van der Waals surface area contributed by atoms with Gasteiger partial charge in [0.15, 0.2) is 0 Å². The first-order valence-corrected chi connectivity index (χ1v) is 6.18. The molecule has 1 aromatic rings. The lowest BCUT2D eigenvalue weighted by Crippen LogP contribution is -2.21. The Bertz CT molecular complexity index is 403. The number of hydrogen-bond acceptors (Lipinski definition) is 3. The number of rotatable bonds is 5. The topological polar surface area (TPSA) is 41.5 Å². The van der Waals surface area contributed by atoms with E-state index in [1.165, 1.54) is 18.2 Å². The third-order valence-corrected chi connectivity index (χ3v) is 2.93. The van der Waals surface area contributed by atoms with Gasteiger partial charge in [-0.2, -0.15) is 0 Å².